The number of allylic oxidation sites excluding steroid dienone is 1. The minimum absolute atomic E-state index is 0.0131. The van der Waals surface area contributed by atoms with Gasteiger partial charge in [-0.25, -0.2) is 4.79 Å². The number of esters is 1. The van der Waals surface area contributed by atoms with E-state index in [2.05, 4.69) is 5.32 Å². The van der Waals surface area contributed by atoms with Gasteiger partial charge in [-0.15, -0.1) is 0 Å². The first-order valence-electron chi connectivity index (χ1n) is 8.64. The van der Waals surface area contributed by atoms with Crippen molar-refractivity contribution in [3.8, 4) is 0 Å². The van der Waals surface area contributed by atoms with Crippen LogP contribution in [-0.4, -0.2) is 23.7 Å². The fourth-order valence-corrected chi connectivity index (χ4v) is 3.13. The molecule has 1 atom stereocenters. The number of halogens is 2. The minimum atomic E-state index is -1.02. The van der Waals surface area contributed by atoms with E-state index in [0.29, 0.717) is 27.0 Å². The van der Waals surface area contributed by atoms with Gasteiger partial charge < -0.3 is 15.2 Å². The molecule has 0 spiro atoms. The van der Waals surface area contributed by atoms with Crippen LogP contribution in [0.1, 0.15) is 31.7 Å². The van der Waals surface area contributed by atoms with Crippen LogP contribution >= 0.6 is 23.2 Å². The third-order valence-electron chi connectivity index (χ3n) is 3.91. The SMILES string of the molecule is CC(C)=CC(=O)OCCC(C(=O)O)c1ccccc1Nc1c(Cl)cccc1Cl. The highest BCUT2D eigenvalue weighted by Gasteiger charge is 2.23. The molecule has 0 heterocycles. The van der Waals surface area contributed by atoms with Crippen molar-refractivity contribution in [2.24, 2.45) is 0 Å². The predicted molar refractivity (Wildman–Crippen MR) is 112 cm³/mol. The number of hydrogen-bond donors (Lipinski definition) is 2. The van der Waals surface area contributed by atoms with Crippen molar-refractivity contribution in [2.45, 2.75) is 26.2 Å². The maximum atomic E-state index is 11.9. The normalized spacial score (nSPS) is 11.4. The molecule has 2 rings (SSSR count). The van der Waals surface area contributed by atoms with Gasteiger partial charge in [0.05, 0.1) is 28.3 Å². The van der Waals surface area contributed by atoms with Gasteiger partial charge in [0.2, 0.25) is 0 Å². The molecule has 0 saturated carbocycles. The molecule has 148 valence electrons. The fraction of sp³-hybridized carbons (Fsp3) is 0.238. The van der Waals surface area contributed by atoms with Crippen LogP contribution in [0.25, 0.3) is 0 Å². The predicted octanol–water partition coefficient (Wildman–Crippen LogP) is 5.80. The minimum Gasteiger partial charge on any atom is -0.481 e. The van der Waals surface area contributed by atoms with Crippen molar-refractivity contribution in [1.82, 2.24) is 0 Å². The zero-order valence-corrected chi connectivity index (χ0v) is 17.1. The highest BCUT2D eigenvalue weighted by Crippen LogP contribution is 2.36. The molecule has 0 amide bonds. The average molecular weight is 422 g/mol. The summed E-state index contributed by atoms with van der Waals surface area (Å²) in [5, 5.41) is 13.7. The van der Waals surface area contributed by atoms with Crippen LogP contribution in [0.4, 0.5) is 11.4 Å². The Bertz CT molecular complexity index is 871. The van der Waals surface area contributed by atoms with E-state index in [4.69, 9.17) is 27.9 Å². The van der Waals surface area contributed by atoms with Gasteiger partial charge in [-0.2, -0.15) is 0 Å². The summed E-state index contributed by atoms with van der Waals surface area (Å²) in [4.78, 5) is 23.5. The number of carbonyl (C=O) groups excluding carboxylic acids is 1. The molecular formula is C21H21Cl2NO4. The van der Waals surface area contributed by atoms with E-state index in [0.717, 1.165) is 5.57 Å². The van der Waals surface area contributed by atoms with Gasteiger partial charge in [-0.1, -0.05) is 53.0 Å². The number of rotatable bonds is 8. The number of hydrogen-bond acceptors (Lipinski definition) is 4. The highest BCUT2D eigenvalue weighted by atomic mass is 35.5. The first kappa shape index (κ1) is 21.8. The third kappa shape index (κ3) is 6.01. The number of carboxylic acid groups (broad SMARTS) is 1. The van der Waals surface area contributed by atoms with Crippen LogP contribution in [0.5, 0.6) is 0 Å². The van der Waals surface area contributed by atoms with E-state index in [1.807, 2.05) is 0 Å². The molecule has 0 aliphatic carbocycles. The number of carboxylic acids is 1. The number of benzene rings is 2. The molecule has 0 radical (unpaired) electrons. The number of aliphatic carboxylic acids is 1. The number of nitrogens with one attached hydrogen (secondary N) is 1. The number of anilines is 2. The standard InChI is InChI=1S/C21H21Cl2NO4/c1-13(2)12-19(25)28-11-10-15(21(26)27)14-6-3-4-9-18(14)24-20-16(22)7-5-8-17(20)23/h3-9,12,15,24H,10-11H2,1-2H3,(H,26,27). The summed E-state index contributed by atoms with van der Waals surface area (Å²) >= 11 is 12.4. The van der Waals surface area contributed by atoms with E-state index in [-0.39, 0.29) is 13.0 Å². The zero-order valence-electron chi connectivity index (χ0n) is 15.5. The van der Waals surface area contributed by atoms with Crippen molar-refractivity contribution >= 4 is 46.5 Å². The quantitative estimate of drug-likeness (QED) is 0.415. The number of carbonyl (C=O) groups is 2. The molecule has 2 aromatic carbocycles. The van der Waals surface area contributed by atoms with Crippen molar-refractivity contribution in [1.29, 1.82) is 0 Å². The second-order valence-corrected chi connectivity index (χ2v) is 7.19. The summed E-state index contributed by atoms with van der Waals surface area (Å²) in [5.74, 6) is -2.37. The van der Waals surface area contributed by atoms with E-state index in [9.17, 15) is 14.7 Å². The summed E-state index contributed by atoms with van der Waals surface area (Å²) in [7, 11) is 0. The molecule has 7 heteroatoms. The Labute approximate surface area is 173 Å². The first-order valence-corrected chi connectivity index (χ1v) is 9.39. The molecule has 0 bridgehead atoms. The van der Waals surface area contributed by atoms with Crippen molar-refractivity contribution in [3.05, 3.63) is 69.7 Å². The van der Waals surface area contributed by atoms with Gasteiger partial charge in [0, 0.05) is 11.8 Å². The molecule has 28 heavy (non-hydrogen) atoms. The molecule has 0 saturated heterocycles. The Morgan fingerprint density at radius 2 is 1.75 bits per heavy atom. The van der Waals surface area contributed by atoms with Crippen LogP contribution < -0.4 is 5.32 Å². The van der Waals surface area contributed by atoms with Gasteiger partial charge in [0.25, 0.3) is 0 Å². The van der Waals surface area contributed by atoms with Crippen molar-refractivity contribution in [2.75, 3.05) is 11.9 Å². The van der Waals surface area contributed by atoms with Crippen molar-refractivity contribution in [3.63, 3.8) is 0 Å². The van der Waals surface area contributed by atoms with Crippen LogP contribution in [0, 0.1) is 0 Å². The topological polar surface area (TPSA) is 75.6 Å². The molecule has 1 unspecified atom stereocenters. The Hall–Kier alpha value is -2.50. The Morgan fingerprint density at radius 1 is 1.11 bits per heavy atom. The summed E-state index contributed by atoms with van der Waals surface area (Å²) in [5.41, 5.74) is 2.42. The Kier molecular flexibility index (Phi) is 7.91. The second-order valence-electron chi connectivity index (χ2n) is 6.38. The summed E-state index contributed by atoms with van der Waals surface area (Å²) in [6, 6.07) is 12.1. The maximum Gasteiger partial charge on any atom is 0.330 e. The van der Waals surface area contributed by atoms with Gasteiger partial charge in [-0.3, -0.25) is 4.79 Å². The largest absolute Gasteiger partial charge is 0.481 e. The fourth-order valence-electron chi connectivity index (χ4n) is 2.63. The lowest BCUT2D eigenvalue weighted by Gasteiger charge is -2.19. The molecular weight excluding hydrogens is 401 g/mol. The lowest BCUT2D eigenvalue weighted by Crippen LogP contribution is -2.16. The van der Waals surface area contributed by atoms with Gasteiger partial charge in [0.15, 0.2) is 0 Å². The van der Waals surface area contributed by atoms with Gasteiger partial charge in [0.1, 0.15) is 0 Å². The summed E-state index contributed by atoms with van der Waals surface area (Å²) in [6.07, 6.45) is 1.50. The van der Waals surface area contributed by atoms with E-state index >= 15 is 0 Å². The van der Waals surface area contributed by atoms with Crippen molar-refractivity contribution < 1.29 is 19.4 Å². The Morgan fingerprint density at radius 3 is 2.36 bits per heavy atom. The van der Waals surface area contributed by atoms with Crippen LogP contribution in [0.3, 0.4) is 0 Å². The Balaban J connectivity index is 2.22. The molecule has 5 nitrogen and oxygen atoms in total. The average Bonchev–Trinajstić information content (AvgIpc) is 2.62. The zero-order chi connectivity index (χ0) is 20.7. The van der Waals surface area contributed by atoms with Crippen LogP contribution in [0.2, 0.25) is 10.0 Å². The summed E-state index contributed by atoms with van der Waals surface area (Å²) in [6.45, 7) is 3.55. The highest BCUT2D eigenvalue weighted by molar-refractivity contribution is 6.39. The molecule has 2 aromatic rings. The van der Waals surface area contributed by atoms with E-state index < -0.39 is 17.9 Å². The maximum absolute atomic E-state index is 11.9. The summed E-state index contributed by atoms with van der Waals surface area (Å²) < 4.78 is 5.11. The molecule has 0 aliphatic heterocycles. The first-order chi connectivity index (χ1) is 13.3. The molecule has 0 aromatic heterocycles. The van der Waals surface area contributed by atoms with Crippen LogP contribution in [0.15, 0.2) is 54.1 Å². The van der Waals surface area contributed by atoms with Gasteiger partial charge >= 0.3 is 11.9 Å². The smallest absolute Gasteiger partial charge is 0.330 e. The molecule has 2 N–H and O–H groups in total. The third-order valence-corrected chi connectivity index (χ3v) is 4.54. The molecule has 0 fully saturated rings. The molecule has 0 aliphatic rings. The van der Waals surface area contributed by atoms with Crippen LogP contribution in [-0.2, 0) is 14.3 Å². The monoisotopic (exact) mass is 421 g/mol. The number of ether oxygens (including phenoxy) is 1. The lowest BCUT2D eigenvalue weighted by atomic mass is 9.94. The van der Waals surface area contributed by atoms with E-state index in [1.165, 1.54) is 6.08 Å². The van der Waals surface area contributed by atoms with Gasteiger partial charge in [-0.05, 0) is 44.0 Å². The number of para-hydroxylation sites is 2. The van der Waals surface area contributed by atoms with E-state index in [1.54, 1.807) is 56.3 Å². The second kappa shape index (κ2) is 10.2. The lowest BCUT2D eigenvalue weighted by molar-refractivity contribution is -0.142.